The van der Waals surface area contributed by atoms with Gasteiger partial charge in [0.05, 0.1) is 0 Å². The Morgan fingerprint density at radius 3 is 1.33 bits per heavy atom. The highest BCUT2D eigenvalue weighted by atomic mass is 32.1. The molecule has 0 heterocycles. The van der Waals surface area contributed by atoms with Crippen molar-refractivity contribution < 1.29 is 17.6 Å². The summed E-state index contributed by atoms with van der Waals surface area (Å²) < 4.78 is 55.3. The molecule has 160 valence electrons. The summed E-state index contributed by atoms with van der Waals surface area (Å²) in [7, 11) is 0. The molecule has 3 rings (SSSR count). The van der Waals surface area contributed by atoms with Gasteiger partial charge in [-0.3, -0.25) is 0 Å². The van der Waals surface area contributed by atoms with Crippen molar-refractivity contribution in [2.24, 2.45) is 0 Å². The van der Waals surface area contributed by atoms with Crippen molar-refractivity contribution in [2.75, 3.05) is 10.6 Å². The molecule has 1 fully saturated rings. The summed E-state index contributed by atoms with van der Waals surface area (Å²) in [6.45, 7) is 0. The van der Waals surface area contributed by atoms with E-state index in [0.29, 0.717) is 0 Å². The second-order valence-corrected chi connectivity index (χ2v) is 7.70. The highest BCUT2D eigenvalue weighted by molar-refractivity contribution is 7.80. The zero-order valence-corrected chi connectivity index (χ0v) is 17.4. The van der Waals surface area contributed by atoms with E-state index in [-0.39, 0.29) is 33.7 Å². The first-order valence-corrected chi connectivity index (χ1v) is 10.2. The van der Waals surface area contributed by atoms with E-state index < -0.39 is 23.3 Å². The number of nitrogens with one attached hydrogen (secondary N) is 4. The van der Waals surface area contributed by atoms with Crippen LogP contribution in [-0.2, 0) is 0 Å². The van der Waals surface area contributed by atoms with Gasteiger partial charge in [-0.15, -0.1) is 0 Å². The average Bonchev–Trinajstić information content (AvgIpc) is 2.69. The van der Waals surface area contributed by atoms with Gasteiger partial charge in [-0.25, -0.2) is 17.6 Å². The molecule has 1 aliphatic rings. The molecule has 0 aliphatic heterocycles. The standard InChI is InChI=1S/C20H20F4N4S2/c21-11-5-3-6-12(22)17(11)27-19(29)25-15-9-1-2-10-16(15)26-20(30)28-18-13(23)7-4-8-14(18)24/h3-8,15-16H,1-2,9-10H2,(H2,25,27,29)(H2,26,28,30). The van der Waals surface area contributed by atoms with Crippen LogP contribution >= 0.6 is 24.4 Å². The summed E-state index contributed by atoms with van der Waals surface area (Å²) in [4.78, 5) is 0. The highest BCUT2D eigenvalue weighted by Crippen LogP contribution is 2.22. The maximum atomic E-state index is 13.8. The lowest BCUT2D eigenvalue weighted by Gasteiger charge is -2.34. The Morgan fingerprint density at radius 2 is 1.00 bits per heavy atom. The van der Waals surface area contributed by atoms with Crippen LogP contribution in [0.25, 0.3) is 0 Å². The van der Waals surface area contributed by atoms with E-state index in [0.717, 1.165) is 49.9 Å². The molecule has 30 heavy (non-hydrogen) atoms. The highest BCUT2D eigenvalue weighted by Gasteiger charge is 2.27. The van der Waals surface area contributed by atoms with E-state index in [2.05, 4.69) is 21.3 Å². The van der Waals surface area contributed by atoms with Crippen molar-refractivity contribution >= 4 is 46.0 Å². The van der Waals surface area contributed by atoms with E-state index in [4.69, 9.17) is 24.4 Å². The number of halogens is 4. The molecule has 4 N–H and O–H groups in total. The Bertz CT molecular complexity index is 825. The molecule has 10 heteroatoms. The lowest BCUT2D eigenvalue weighted by atomic mass is 9.90. The quantitative estimate of drug-likeness (QED) is 0.391. The van der Waals surface area contributed by atoms with Gasteiger partial charge in [0.1, 0.15) is 34.6 Å². The number of anilines is 2. The van der Waals surface area contributed by atoms with Gasteiger partial charge in [0, 0.05) is 12.1 Å². The van der Waals surface area contributed by atoms with Crippen LogP contribution in [0.15, 0.2) is 36.4 Å². The first-order valence-electron chi connectivity index (χ1n) is 9.38. The largest absolute Gasteiger partial charge is 0.358 e. The first-order chi connectivity index (χ1) is 14.3. The van der Waals surface area contributed by atoms with Crippen LogP contribution < -0.4 is 21.3 Å². The second-order valence-electron chi connectivity index (χ2n) is 6.89. The van der Waals surface area contributed by atoms with E-state index in [1.807, 2.05) is 0 Å². The topological polar surface area (TPSA) is 48.1 Å². The van der Waals surface area contributed by atoms with Gasteiger partial charge in [0.15, 0.2) is 10.2 Å². The van der Waals surface area contributed by atoms with E-state index in [1.165, 1.54) is 12.1 Å². The van der Waals surface area contributed by atoms with Crippen LogP contribution in [-0.4, -0.2) is 22.3 Å². The Kier molecular flexibility index (Phi) is 7.43. The summed E-state index contributed by atoms with van der Waals surface area (Å²) in [5.74, 6) is -3.02. The lowest BCUT2D eigenvalue weighted by molar-refractivity contribution is 0.340. The Balaban J connectivity index is 1.62. The Hall–Kier alpha value is -2.46. The molecule has 2 aromatic carbocycles. The third kappa shape index (κ3) is 5.57. The molecule has 1 saturated carbocycles. The van der Waals surface area contributed by atoms with Crippen molar-refractivity contribution in [3.63, 3.8) is 0 Å². The van der Waals surface area contributed by atoms with E-state index >= 15 is 0 Å². The Morgan fingerprint density at radius 1 is 0.667 bits per heavy atom. The molecule has 0 radical (unpaired) electrons. The third-order valence-corrected chi connectivity index (χ3v) is 5.24. The third-order valence-electron chi connectivity index (χ3n) is 4.80. The molecular formula is C20H20F4N4S2. The summed E-state index contributed by atoms with van der Waals surface area (Å²) in [5.41, 5.74) is -0.662. The van der Waals surface area contributed by atoms with Crippen LogP contribution in [0.1, 0.15) is 25.7 Å². The molecule has 1 aliphatic carbocycles. The monoisotopic (exact) mass is 456 g/mol. The zero-order chi connectivity index (χ0) is 21.7. The molecule has 2 atom stereocenters. The van der Waals surface area contributed by atoms with Crippen molar-refractivity contribution in [3.05, 3.63) is 59.7 Å². The molecule has 0 aromatic heterocycles. The minimum absolute atomic E-state index is 0.0664. The molecule has 2 aromatic rings. The molecule has 0 amide bonds. The van der Waals surface area contributed by atoms with Crippen molar-refractivity contribution in [3.8, 4) is 0 Å². The predicted octanol–water partition coefficient (Wildman–Crippen LogP) is 4.83. The molecule has 0 bridgehead atoms. The first kappa shape index (κ1) is 22.2. The summed E-state index contributed by atoms with van der Waals surface area (Å²) in [6.07, 6.45) is 3.31. The fourth-order valence-corrected chi connectivity index (χ4v) is 3.85. The molecule has 0 saturated heterocycles. The smallest absolute Gasteiger partial charge is 0.171 e. The van der Waals surface area contributed by atoms with Crippen molar-refractivity contribution in [1.82, 2.24) is 10.6 Å². The van der Waals surface area contributed by atoms with Gasteiger partial charge in [-0.05, 0) is 61.5 Å². The number of thiocarbonyl (C=S) groups is 2. The lowest BCUT2D eigenvalue weighted by Crippen LogP contribution is -2.54. The minimum Gasteiger partial charge on any atom is -0.358 e. The van der Waals surface area contributed by atoms with Crippen LogP contribution in [0.3, 0.4) is 0 Å². The minimum atomic E-state index is -0.755. The molecular weight excluding hydrogens is 436 g/mol. The molecule has 4 nitrogen and oxygen atoms in total. The average molecular weight is 457 g/mol. The molecule has 2 unspecified atom stereocenters. The number of para-hydroxylation sites is 2. The van der Waals surface area contributed by atoms with E-state index in [9.17, 15) is 17.6 Å². The van der Waals surface area contributed by atoms with Crippen molar-refractivity contribution in [1.29, 1.82) is 0 Å². The number of hydrogen-bond acceptors (Lipinski definition) is 2. The summed E-state index contributed by atoms with van der Waals surface area (Å²) in [6, 6.07) is 6.66. The van der Waals surface area contributed by atoms with Gasteiger partial charge in [-0.1, -0.05) is 25.0 Å². The van der Waals surface area contributed by atoms with Crippen LogP contribution in [0.5, 0.6) is 0 Å². The van der Waals surface area contributed by atoms with Gasteiger partial charge in [0.2, 0.25) is 0 Å². The molecule has 0 spiro atoms. The normalized spacial score (nSPS) is 18.4. The number of benzene rings is 2. The number of hydrogen-bond donors (Lipinski definition) is 4. The maximum Gasteiger partial charge on any atom is 0.171 e. The fourth-order valence-electron chi connectivity index (χ4n) is 3.35. The summed E-state index contributed by atoms with van der Waals surface area (Å²) >= 11 is 10.4. The van der Waals surface area contributed by atoms with E-state index in [1.54, 1.807) is 0 Å². The SMILES string of the molecule is Fc1cccc(F)c1NC(=S)NC1CCCCC1NC(=S)Nc1c(F)cccc1F. The maximum absolute atomic E-state index is 13.8. The van der Waals surface area contributed by atoms with Crippen molar-refractivity contribution in [2.45, 2.75) is 37.8 Å². The van der Waals surface area contributed by atoms with Crippen LogP contribution in [0.2, 0.25) is 0 Å². The fraction of sp³-hybridized carbons (Fsp3) is 0.300. The Labute approximate surface area is 182 Å². The van der Waals surface area contributed by atoms with Crippen LogP contribution in [0, 0.1) is 23.3 Å². The van der Waals surface area contributed by atoms with Gasteiger partial charge < -0.3 is 21.3 Å². The van der Waals surface area contributed by atoms with Crippen LogP contribution in [0.4, 0.5) is 28.9 Å². The second kappa shape index (κ2) is 10.0. The summed E-state index contributed by atoms with van der Waals surface area (Å²) in [5, 5.41) is 11.3. The zero-order valence-electron chi connectivity index (χ0n) is 15.8. The predicted molar refractivity (Wildman–Crippen MR) is 117 cm³/mol. The van der Waals surface area contributed by atoms with Gasteiger partial charge >= 0.3 is 0 Å². The van der Waals surface area contributed by atoms with Gasteiger partial charge in [-0.2, -0.15) is 0 Å². The number of rotatable bonds is 4. The van der Waals surface area contributed by atoms with Gasteiger partial charge in [0.25, 0.3) is 0 Å².